The number of hydrogen-bond acceptors (Lipinski definition) is 1. The SMILES string of the molecule is CC1(C)c2ccccc2-c2cc(N(c3ccc(-n4c5ccccc5c5ccccc54)cc3)c3cccc(-c4ccccc4)c3-c3ccccc3-c3ccccc3)ccc21. The molecule has 0 spiro atoms. The zero-order valence-corrected chi connectivity index (χ0v) is 33.2. The minimum Gasteiger partial charge on any atom is -0.310 e. The smallest absolute Gasteiger partial charge is 0.0546 e. The second kappa shape index (κ2) is 13.9. The molecule has 0 saturated heterocycles. The third kappa shape index (κ3) is 5.63. The van der Waals surface area contributed by atoms with Crippen molar-refractivity contribution in [3.05, 3.63) is 230 Å². The van der Waals surface area contributed by atoms with Crippen LogP contribution in [-0.2, 0) is 5.41 Å². The molecule has 1 aliphatic rings. The fourth-order valence-electron chi connectivity index (χ4n) is 9.66. The van der Waals surface area contributed by atoms with E-state index < -0.39 is 0 Å². The predicted molar refractivity (Wildman–Crippen MR) is 249 cm³/mol. The lowest BCUT2D eigenvalue weighted by atomic mass is 9.82. The number of nitrogens with zero attached hydrogens (tertiary/aromatic N) is 2. The summed E-state index contributed by atoms with van der Waals surface area (Å²) in [5.74, 6) is 0. The van der Waals surface area contributed by atoms with Crippen molar-refractivity contribution in [1.29, 1.82) is 0 Å². The molecule has 1 aliphatic carbocycles. The maximum atomic E-state index is 2.48. The molecule has 0 fully saturated rings. The largest absolute Gasteiger partial charge is 0.310 e. The molecule has 0 radical (unpaired) electrons. The zero-order valence-electron chi connectivity index (χ0n) is 33.2. The van der Waals surface area contributed by atoms with Crippen LogP contribution in [0, 0.1) is 0 Å². The first-order valence-electron chi connectivity index (χ1n) is 20.5. The molecule has 11 rings (SSSR count). The van der Waals surface area contributed by atoms with E-state index in [-0.39, 0.29) is 5.41 Å². The molecule has 0 unspecified atom stereocenters. The van der Waals surface area contributed by atoms with Crippen molar-refractivity contribution in [1.82, 2.24) is 4.57 Å². The molecule has 1 heterocycles. The topological polar surface area (TPSA) is 8.17 Å². The monoisotopic (exact) mass is 754 g/mol. The summed E-state index contributed by atoms with van der Waals surface area (Å²) in [7, 11) is 0. The molecular weight excluding hydrogens is 713 g/mol. The summed E-state index contributed by atoms with van der Waals surface area (Å²) in [6.07, 6.45) is 0. The summed E-state index contributed by atoms with van der Waals surface area (Å²) in [5, 5.41) is 2.52. The Morgan fingerprint density at radius 3 is 1.56 bits per heavy atom. The van der Waals surface area contributed by atoms with E-state index in [1.54, 1.807) is 0 Å². The van der Waals surface area contributed by atoms with E-state index in [2.05, 4.69) is 242 Å². The van der Waals surface area contributed by atoms with Gasteiger partial charge in [-0.25, -0.2) is 0 Å². The molecule has 0 amide bonds. The van der Waals surface area contributed by atoms with Gasteiger partial charge >= 0.3 is 0 Å². The fourth-order valence-corrected chi connectivity index (χ4v) is 9.66. The third-order valence-electron chi connectivity index (χ3n) is 12.4. The van der Waals surface area contributed by atoms with E-state index in [1.165, 1.54) is 77.4 Å². The van der Waals surface area contributed by atoms with Gasteiger partial charge in [0, 0.05) is 38.8 Å². The molecular formula is C57H42N2. The molecule has 0 bridgehead atoms. The van der Waals surface area contributed by atoms with Crippen molar-refractivity contribution in [3.63, 3.8) is 0 Å². The maximum absolute atomic E-state index is 2.48. The number of fused-ring (bicyclic) bond motifs is 6. The van der Waals surface area contributed by atoms with E-state index in [9.17, 15) is 0 Å². The van der Waals surface area contributed by atoms with Crippen LogP contribution in [0.25, 0.3) is 72.0 Å². The Labute approximate surface area is 345 Å². The Hall–Kier alpha value is -7.42. The summed E-state index contributed by atoms with van der Waals surface area (Å²) in [6, 6.07) is 79.9. The first-order chi connectivity index (χ1) is 29.1. The highest BCUT2D eigenvalue weighted by molar-refractivity contribution is 6.09. The highest BCUT2D eigenvalue weighted by Gasteiger charge is 2.36. The highest BCUT2D eigenvalue weighted by Crippen LogP contribution is 2.52. The van der Waals surface area contributed by atoms with Gasteiger partial charge < -0.3 is 9.47 Å². The van der Waals surface area contributed by atoms with Crippen LogP contribution in [-0.4, -0.2) is 4.57 Å². The van der Waals surface area contributed by atoms with Crippen LogP contribution in [0.4, 0.5) is 17.1 Å². The van der Waals surface area contributed by atoms with Crippen LogP contribution in [0.1, 0.15) is 25.0 Å². The van der Waals surface area contributed by atoms with Crippen LogP contribution >= 0.6 is 0 Å². The Balaban J connectivity index is 1.18. The van der Waals surface area contributed by atoms with Gasteiger partial charge in [0.1, 0.15) is 0 Å². The lowest BCUT2D eigenvalue weighted by molar-refractivity contribution is 0.660. The molecule has 0 saturated carbocycles. The standard InChI is InChI=1S/C57H42N2/c1-57(2)51-28-14-11-23-46(51)50-38-43(36-37-52(50)57)58(41-32-34-42(35-33-41)59-53-29-15-12-24-47(53)48-25-13-16-30-54(48)59)55-31-17-27-45(40-20-7-4-8-21-40)56(55)49-26-10-9-22-44(49)39-18-5-3-6-19-39/h3-38H,1-2H3. The van der Waals surface area contributed by atoms with Crippen molar-refractivity contribution in [2.45, 2.75) is 19.3 Å². The molecule has 2 nitrogen and oxygen atoms in total. The van der Waals surface area contributed by atoms with E-state index >= 15 is 0 Å². The normalized spacial score (nSPS) is 12.7. The second-order valence-electron chi connectivity index (χ2n) is 16.1. The van der Waals surface area contributed by atoms with Gasteiger partial charge in [-0.2, -0.15) is 0 Å². The Kier molecular flexibility index (Phi) is 8.20. The minimum atomic E-state index is -0.0910. The Bertz CT molecular complexity index is 3120. The zero-order chi connectivity index (χ0) is 39.5. The molecule has 1 aromatic heterocycles. The molecule has 10 aromatic rings. The van der Waals surface area contributed by atoms with Crippen LogP contribution in [0.15, 0.2) is 218 Å². The van der Waals surface area contributed by atoms with Crippen molar-refractivity contribution < 1.29 is 0 Å². The van der Waals surface area contributed by atoms with Crippen molar-refractivity contribution in [2.24, 2.45) is 0 Å². The highest BCUT2D eigenvalue weighted by atomic mass is 15.1. The summed E-state index contributed by atoms with van der Waals surface area (Å²) >= 11 is 0. The van der Waals surface area contributed by atoms with Gasteiger partial charge in [-0.1, -0.05) is 178 Å². The number of para-hydroxylation sites is 2. The summed E-state index contributed by atoms with van der Waals surface area (Å²) in [5.41, 5.74) is 19.2. The average Bonchev–Trinajstić information content (AvgIpc) is 3.75. The van der Waals surface area contributed by atoms with E-state index in [1.807, 2.05) is 0 Å². The van der Waals surface area contributed by atoms with Crippen LogP contribution in [0.2, 0.25) is 0 Å². The van der Waals surface area contributed by atoms with Gasteiger partial charge in [0.25, 0.3) is 0 Å². The molecule has 280 valence electrons. The number of benzene rings is 9. The van der Waals surface area contributed by atoms with E-state index in [0.29, 0.717) is 0 Å². The van der Waals surface area contributed by atoms with Crippen LogP contribution in [0.3, 0.4) is 0 Å². The van der Waals surface area contributed by atoms with Gasteiger partial charge in [0.2, 0.25) is 0 Å². The molecule has 0 N–H and O–H groups in total. The predicted octanol–water partition coefficient (Wildman–Crippen LogP) is 15.6. The van der Waals surface area contributed by atoms with Crippen molar-refractivity contribution in [3.8, 4) is 50.2 Å². The number of rotatable bonds is 7. The Morgan fingerprint density at radius 1 is 0.373 bits per heavy atom. The first kappa shape index (κ1) is 34.8. The van der Waals surface area contributed by atoms with Gasteiger partial charge in [0.05, 0.1) is 16.7 Å². The van der Waals surface area contributed by atoms with Gasteiger partial charge in [-0.3, -0.25) is 0 Å². The lowest BCUT2D eigenvalue weighted by Gasteiger charge is -2.31. The summed E-state index contributed by atoms with van der Waals surface area (Å²) in [4.78, 5) is 2.48. The van der Waals surface area contributed by atoms with Gasteiger partial charge in [0.15, 0.2) is 0 Å². The van der Waals surface area contributed by atoms with Gasteiger partial charge in [-0.15, -0.1) is 0 Å². The number of anilines is 3. The fraction of sp³-hybridized carbons (Fsp3) is 0.0526. The van der Waals surface area contributed by atoms with Gasteiger partial charge in [-0.05, 0) is 105 Å². The van der Waals surface area contributed by atoms with E-state index in [4.69, 9.17) is 0 Å². The second-order valence-corrected chi connectivity index (χ2v) is 16.1. The first-order valence-corrected chi connectivity index (χ1v) is 20.5. The lowest BCUT2D eigenvalue weighted by Crippen LogP contribution is -2.15. The molecule has 0 aliphatic heterocycles. The van der Waals surface area contributed by atoms with Crippen molar-refractivity contribution >= 4 is 38.9 Å². The molecule has 0 atom stereocenters. The number of hydrogen-bond donors (Lipinski definition) is 0. The molecule has 59 heavy (non-hydrogen) atoms. The maximum Gasteiger partial charge on any atom is 0.0546 e. The molecule has 2 heteroatoms. The third-order valence-corrected chi connectivity index (χ3v) is 12.4. The molecule has 9 aromatic carbocycles. The van der Waals surface area contributed by atoms with Crippen molar-refractivity contribution in [2.75, 3.05) is 4.90 Å². The Morgan fingerprint density at radius 2 is 0.881 bits per heavy atom. The number of aromatic nitrogens is 1. The average molecular weight is 755 g/mol. The summed E-state index contributed by atoms with van der Waals surface area (Å²) < 4.78 is 2.39. The quantitative estimate of drug-likeness (QED) is 0.157. The van der Waals surface area contributed by atoms with E-state index in [0.717, 1.165) is 22.7 Å². The minimum absolute atomic E-state index is 0.0910. The van der Waals surface area contributed by atoms with Crippen LogP contribution < -0.4 is 4.90 Å². The van der Waals surface area contributed by atoms with Crippen LogP contribution in [0.5, 0.6) is 0 Å². The summed E-state index contributed by atoms with van der Waals surface area (Å²) in [6.45, 7) is 4.70.